The molecule has 0 fully saturated rings. The molecule has 0 bridgehead atoms. The van der Waals surface area contributed by atoms with Crippen molar-refractivity contribution in [3.05, 3.63) is 46.9 Å². The van der Waals surface area contributed by atoms with Crippen LogP contribution < -0.4 is 10.5 Å². The van der Waals surface area contributed by atoms with Crippen LogP contribution in [0.2, 0.25) is 5.02 Å². The van der Waals surface area contributed by atoms with Gasteiger partial charge in [0.05, 0.1) is 0 Å². The first-order valence-electron chi connectivity index (χ1n) is 6.01. The van der Waals surface area contributed by atoms with Crippen LogP contribution in [0.25, 0.3) is 5.78 Å². The Labute approximate surface area is 120 Å². The van der Waals surface area contributed by atoms with E-state index in [9.17, 15) is 0 Å². The summed E-state index contributed by atoms with van der Waals surface area (Å²) in [5.74, 6) is 1.60. The molecule has 7 heteroatoms. The first-order valence-corrected chi connectivity index (χ1v) is 6.39. The Hall–Kier alpha value is -2.18. The Balaban J connectivity index is 2.09. The maximum absolute atomic E-state index is 6.00. The lowest BCUT2D eigenvalue weighted by molar-refractivity contribution is 0.440. The molecule has 1 aromatic carbocycles. The zero-order chi connectivity index (χ0) is 14.1. The van der Waals surface area contributed by atoms with Crippen molar-refractivity contribution in [2.75, 3.05) is 0 Å². The zero-order valence-electron chi connectivity index (χ0n) is 10.7. The molecule has 0 radical (unpaired) electrons. The molecular weight excluding hydrogens is 278 g/mol. The highest BCUT2D eigenvalue weighted by Gasteiger charge is 2.10. The molecule has 0 saturated heterocycles. The van der Waals surface area contributed by atoms with Crippen molar-refractivity contribution in [2.24, 2.45) is 5.73 Å². The third-order valence-electron chi connectivity index (χ3n) is 2.81. The number of aryl methyl sites for hydroxylation is 1. The van der Waals surface area contributed by atoms with E-state index in [2.05, 4.69) is 15.1 Å². The summed E-state index contributed by atoms with van der Waals surface area (Å²) in [7, 11) is 0. The molecule has 0 unspecified atom stereocenters. The van der Waals surface area contributed by atoms with Gasteiger partial charge in [-0.1, -0.05) is 17.7 Å². The number of hydrogen-bond donors (Lipinski definition) is 1. The van der Waals surface area contributed by atoms with E-state index in [1.165, 1.54) is 10.8 Å². The molecule has 20 heavy (non-hydrogen) atoms. The molecular formula is C13H12ClN5O. The number of aromatic nitrogens is 4. The van der Waals surface area contributed by atoms with Crippen LogP contribution in [0.3, 0.4) is 0 Å². The predicted octanol–water partition coefficient (Wildman–Crippen LogP) is 2.34. The summed E-state index contributed by atoms with van der Waals surface area (Å²) in [5, 5.41) is 4.67. The van der Waals surface area contributed by atoms with Crippen molar-refractivity contribution in [3.8, 4) is 11.6 Å². The minimum Gasteiger partial charge on any atom is -0.438 e. The van der Waals surface area contributed by atoms with Gasteiger partial charge in [0.15, 0.2) is 0 Å². The van der Waals surface area contributed by atoms with E-state index in [0.29, 0.717) is 29.0 Å². The number of hydrogen-bond acceptors (Lipinski definition) is 5. The molecule has 3 rings (SSSR count). The number of nitrogens with two attached hydrogens (primary N) is 1. The van der Waals surface area contributed by atoms with Gasteiger partial charge in [-0.2, -0.15) is 14.6 Å². The first-order chi connectivity index (χ1) is 9.67. The molecule has 0 amide bonds. The monoisotopic (exact) mass is 289 g/mol. The number of halogens is 1. The van der Waals surface area contributed by atoms with Crippen LogP contribution in [-0.2, 0) is 6.54 Å². The van der Waals surface area contributed by atoms with Gasteiger partial charge in [0, 0.05) is 28.9 Å². The largest absolute Gasteiger partial charge is 0.438 e. The Morgan fingerprint density at radius 3 is 3.00 bits per heavy atom. The van der Waals surface area contributed by atoms with Gasteiger partial charge >= 0.3 is 0 Å². The van der Waals surface area contributed by atoms with Crippen molar-refractivity contribution in [1.82, 2.24) is 19.6 Å². The molecule has 0 aliphatic heterocycles. The molecule has 0 atom stereocenters. The van der Waals surface area contributed by atoms with Gasteiger partial charge in [-0.25, -0.2) is 4.98 Å². The molecule has 2 aromatic heterocycles. The molecule has 6 nitrogen and oxygen atoms in total. The minimum atomic E-state index is 0.358. The first kappa shape index (κ1) is 12.8. The van der Waals surface area contributed by atoms with Crippen LogP contribution >= 0.6 is 11.6 Å². The normalized spacial score (nSPS) is 10.9. The van der Waals surface area contributed by atoms with E-state index in [1.807, 2.05) is 13.0 Å². The lowest BCUT2D eigenvalue weighted by Crippen LogP contribution is -2.03. The molecule has 102 valence electrons. The fraction of sp³-hybridized carbons (Fsp3) is 0.154. The van der Waals surface area contributed by atoms with Crippen LogP contribution in [0, 0.1) is 6.92 Å². The minimum absolute atomic E-state index is 0.358. The summed E-state index contributed by atoms with van der Waals surface area (Å²) < 4.78 is 7.41. The van der Waals surface area contributed by atoms with E-state index < -0.39 is 0 Å². The summed E-state index contributed by atoms with van der Waals surface area (Å²) in [6, 6.07) is 7.12. The number of rotatable bonds is 3. The quantitative estimate of drug-likeness (QED) is 0.800. The molecule has 0 aliphatic rings. The van der Waals surface area contributed by atoms with Crippen molar-refractivity contribution in [2.45, 2.75) is 13.5 Å². The highest BCUT2D eigenvalue weighted by atomic mass is 35.5. The van der Waals surface area contributed by atoms with E-state index in [0.717, 1.165) is 11.3 Å². The van der Waals surface area contributed by atoms with Gasteiger partial charge < -0.3 is 10.5 Å². The molecule has 0 spiro atoms. The van der Waals surface area contributed by atoms with Crippen molar-refractivity contribution >= 4 is 17.4 Å². The number of nitrogens with zero attached hydrogens (tertiary/aromatic N) is 4. The van der Waals surface area contributed by atoms with Crippen LogP contribution in [0.4, 0.5) is 0 Å². The smallest absolute Gasteiger partial charge is 0.255 e. The fourth-order valence-corrected chi connectivity index (χ4v) is 2.04. The van der Waals surface area contributed by atoms with Gasteiger partial charge in [-0.15, -0.1) is 0 Å². The van der Waals surface area contributed by atoms with Gasteiger partial charge in [0.1, 0.15) is 12.1 Å². The number of benzene rings is 1. The lowest BCUT2D eigenvalue weighted by atomic mass is 10.2. The number of ether oxygens (including phenoxy) is 1. The van der Waals surface area contributed by atoms with Gasteiger partial charge in [0.2, 0.25) is 5.88 Å². The Morgan fingerprint density at radius 2 is 2.20 bits per heavy atom. The van der Waals surface area contributed by atoms with Crippen molar-refractivity contribution < 1.29 is 4.74 Å². The zero-order valence-corrected chi connectivity index (χ0v) is 11.5. The summed E-state index contributed by atoms with van der Waals surface area (Å²) in [6.07, 6.45) is 1.43. The predicted molar refractivity (Wildman–Crippen MR) is 74.9 cm³/mol. The van der Waals surface area contributed by atoms with Gasteiger partial charge in [-0.05, 0) is 19.1 Å². The summed E-state index contributed by atoms with van der Waals surface area (Å²) >= 11 is 6.00. The highest BCUT2D eigenvalue weighted by molar-refractivity contribution is 6.30. The van der Waals surface area contributed by atoms with Crippen LogP contribution in [0.15, 0.2) is 30.6 Å². The molecule has 2 heterocycles. The summed E-state index contributed by atoms with van der Waals surface area (Å²) in [5.41, 5.74) is 7.35. The lowest BCUT2D eigenvalue weighted by Gasteiger charge is -2.11. The highest BCUT2D eigenvalue weighted by Crippen LogP contribution is 2.28. The summed E-state index contributed by atoms with van der Waals surface area (Å²) in [6.45, 7) is 2.22. The average Bonchev–Trinajstić information content (AvgIpc) is 2.87. The second kappa shape index (κ2) is 5.07. The average molecular weight is 290 g/mol. The third kappa shape index (κ3) is 2.31. The maximum Gasteiger partial charge on any atom is 0.255 e. The van der Waals surface area contributed by atoms with Crippen LogP contribution in [-0.4, -0.2) is 19.6 Å². The number of fused-ring (bicyclic) bond motifs is 1. The van der Waals surface area contributed by atoms with Gasteiger partial charge in [-0.3, -0.25) is 0 Å². The molecule has 0 aliphatic carbocycles. The Kier molecular flexibility index (Phi) is 3.25. The second-order valence-corrected chi connectivity index (χ2v) is 4.70. The Bertz CT molecular complexity index is 771. The SMILES string of the molecule is Cc1cc(Oc2cc(Cl)ccc2CN)n2ncnc2n1. The van der Waals surface area contributed by atoms with E-state index >= 15 is 0 Å². The van der Waals surface area contributed by atoms with Crippen LogP contribution in [0.1, 0.15) is 11.3 Å². The Morgan fingerprint density at radius 1 is 1.35 bits per heavy atom. The summed E-state index contributed by atoms with van der Waals surface area (Å²) in [4.78, 5) is 8.31. The topological polar surface area (TPSA) is 78.3 Å². The molecule has 3 aromatic rings. The second-order valence-electron chi connectivity index (χ2n) is 4.27. The fourth-order valence-electron chi connectivity index (χ4n) is 1.87. The molecule has 0 saturated carbocycles. The van der Waals surface area contributed by atoms with E-state index in [4.69, 9.17) is 22.1 Å². The maximum atomic E-state index is 6.00. The standard InChI is InChI=1S/C13H12ClN5O/c1-8-4-12(19-13(18-8)16-7-17-19)20-11-5-10(14)3-2-9(11)6-15/h2-5,7H,6,15H2,1H3. The van der Waals surface area contributed by atoms with Gasteiger partial charge in [0.25, 0.3) is 5.78 Å². The van der Waals surface area contributed by atoms with E-state index in [-0.39, 0.29) is 0 Å². The van der Waals surface area contributed by atoms with Crippen molar-refractivity contribution in [1.29, 1.82) is 0 Å². The molecule has 2 N–H and O–H groups in total. The van der Waals surface area contributed by atoms with Crippen LogP contribution in [0.5, 0.6) is 11.6 Å². The third-order valence-corrected chi connectivity index (χ3v) is 3.05. The van der Waals surface area contributed by atoms with Crippen molar-refractivity contribution in [3.63, 3.8) is 0 Å². The van der Waals surface area contributed by atoms with E-state index in [1.54, 1.807) is 18.2 Å².